The maximum Gasteiger partial charge on any atom is 0.411 e. The summed E-state index contributed by atoms with van der Waals surface area (Å²) in [5.41, 5.74) is 3.24. The van der Waals surface area contributed by atoms with Gasteiger partial charge in [0.05, 0.1) is 13.2 Å². The molecule has 0 aromatic heterocycles. The van der Waals surface area contributed by atoms with Crippen LogP contribution in [-0.4, -0.2) is 48.8 Å². The van der Waals surface area contributed by atoms with Gasteiger partial charge in [-0.25, -0.2) is 9.59 Å². The first-order valence-corrected chi connectivity index (χ1v) is 10.4. The number of benzene rings is 2. The highest BCUT2D eigenvalue weighted by Gasteiger charge is 2.06. The largest absolute Gasteiger partial charge is 0.449 e. The topological polar surface area (TPSA) is 117 Å². The molecule has 31 heavy (non-hydrogen) atoms. The van der Waals surface area contributed by atoms with Gasteiger partial charge in [0.1, 0.15) is 0 Å². The molecule has 2 rings (SSSR count). The van der Waals surface area contributed by atoms with Crippen LogP contribution in [0.2, 0.25) is 0 Å². The van der Waals surface area contributed by atoms with Crippen LogP contribution in [-0.2, 0) is 15.9 Å². The summed E-state index contributed by atoms with van der Waals surface area (Å²) in [6.45, 7) is 0.677. The van der Waals surface area contributed by atoms with Gasteiger partial charge in [-0.15, -0.1) is 0 Å². The number of aliphatic hydroxyl groups excluding tert-OH is 2. The Balaban J connectivity index is 1.87. The zero-order valence-corrected chi connectivity index (χ0v) is 17.5. The highest BCUT2D eigenvalue weighted by molar-refractivity contribution is 5.85. The first-order valence-electron chi connectivity index (χ1n) is 10.4. The minimum Gasteiger partial charge on any atom is -0.449 e. The lowest BCUT2D eigenvalue weighted by Crippen LogP contribution is -2.15. The van der Waals surface area contributed by atoms with Crippen LogP contribution < -0.4 is 10.6 Å². The van der Waals surface area contributed by atoms with Crippen LogP contribution in [0.4, 0.5) is 21.0 Å². The van der Waals surface area contributed by atoms with Gasteiger partial charge in [0.15, 0.2) is 0 Å². The quantitative estimate of drug-likeness (QED) is 0.379. The number of rotatable bonds is 12. The molecular weight excluding hydrogens is 400 g/mol. The van der Waals surface area contributed by atoms with Crippen molar-refractivity contribution >= 4 is 23.6 Å². The van der Waals surface area contributed by atoms with Crippen LogP contribution in [0.1, 0.15) is 36.8 Å². The van der Waals surface area contributed by atoms with E-state index in [2.05, 4.69) is 10.6 Å². The standard InChI is InChI=1S/C23H30N2O6/c26-11-1-3-13-30-22(28)24-20-9-5-7-18(16-20)15-19-8-6-10-21(17-19)25-23(29)31-14-4-2-12-27/h5-10,16-17,26-27H,1-4,11-15H2,(H,24,28)(H,25,29). The molecule has 0 unspecified atom stereocenters. The first-order chi connectivity index (χ1) is 15.1. The van der Waals surface area contributed by atoms with Crippen molar-refractivity contribution in [3.8, 4) is 0 Å². The highest BCUT2D eigenvalue weighted by Crippen LogP contribution is 2.18. The SMILES string of the molecule is O=C(Nc1cccc(Cc2cccc(NC(=O)OCCCCO)c2)c1)OCCCCO. The van der Waals surface area contributed by atoms with Gasteiger partial charge in [0.2, 0.25) is 0 Å². The molecule has 8 nitrogen and oxygen atoms in total. The van der Waals surface area contributed by atoms with E-state index < -0.39 is 12.2 Å². The molecule has 0 aliphatic rings. The molecular formula is C23H30N2O6. The van der Waals surface area contributed by atoms with Gasteiger partial charge in [-0.3, -0.25) is 10.6 Å². The van der Waals surface area contributed by atoms with E-state index in [0.717, 1.165) is 11.1 Å². The summed E-state index contributed by atoms with van der Waals surface area (Å²) in [6, 6.07) is 14.9. The Morgan fingerprint density at radius 2 is 1.16 bits per heavy atom. The monoisotopic (exact) mass is 430 g/mol. The number of nitrogens with one attached hydrogen (secondary N) is 2. The summed E-state index contributed by atoms with van der Waals surface area (Å²) in [5.74, 6) is 0. The Labute approximate surface area is 182 Å². The van der Waals surface area contributed by atoms with Crippen molar-refractivity contribution < 1.29 is 29.3 Å². The molecule has 0 saturated carbocycles. The third-order valence-electron chi connectivity index (χ3n) is 4.33. The third-order valence-corrected chi connectivity index (χ3v) is 4.33. The van der Waals surface area contributed by atoms with Gasteiger partial charge < -0.3 is 19.7 Å². The number of anilines is 2. The van der Waals surface area contributed by atoms with Gasteiger partial charge in [0.25, 0.3) is 0 Å². The number of hydrogen-bond acceptors (Lipinski definition) is 6. The molecule has 0 heterocycles. The first kappa shape index (κ1) is 24.2. The van der Waals surface area contributed by atoms with E-state index in [4.69, 9.17) is 19.7 Å². The average Bonchev–Trinajstić information content (AvgIpc) is 2.75. The number of unbranched alkanes of at least 4 members (excludes halogenated alkanes) is 2. The summed E-state index contributed by atoms with van der Waals surface area (Å²) < 4.78 is 10.1. The van der Waals surface area contributed by atoms with Crippen molar-refractivity contribution in [3.05, 3.63) is 59.7 Å². The lowest BCUT2D eigenvalue weighted by atomic mass is 10.0. The molecule has 0 atom stereocenters. The normalized spacial score (nSPS) is 10.4. The molecule has 4 N–H and O–H groups in total. The van der Waals surface area contributed by atoms with Gasteiger partial charge >= 0.3 is 12.2 Å². The zero-order valence-electron chi connectivity index (χ0n) is 17.5. The van der Waals surface area contributed by atoms with Crippen LogP contribution in [0.15, 0.2) is 48.5 Å². The maximum atomic E-state index is 11.8. The number of ether oxygens (including phenoxy) is 2. The van der Waals surface area contributed by atoms with E-state index in [1.165, 1.54) is 0 Å². The van der Waals surface area contributed by atoms with E-state index in [1.54, 1.807) is 12.1 Å². The van der Waals surface area contributed by atoms with Crippen molar-refractivity contribution in [1.29, 1.82) is 0 Å². The zero-order chi connectivity index (χ0) is 22.3. The number of amides is 2. The second-order valence-electron chi connectivity index (χ2n) is 6.96. The fourth-order valence-electron chi connectivity index (χ4n) is 2.82. The minimum atomic E-state index is -0.529. The smallest absolute Gasteiger partial charge is 0.411 e. The third kappa shape index (κ3) is 9.97. The predicted molar refractivity (Wildman–Crippen MR) is 118 cm³/mol. The lowest BCUT2D eigenvalue weighted by molar-refractivity contribution is 0.155. The molecule has 0 radical (unpaired) electrons. The predicted octanol–water partition coefficient (Wildman–Crippen LogP) is 3.92. The molecule has 0 aliphatic heterocycles. The second kappa shape index (κ2) is 14.0. The number of carbonyl (C=O) groups is 2. The van der Waals surface area contributed by atoms with Gasteiger partial charge in [0, 0.05) is 24.6 Å². The van der Waals surface area contributed by atoms with Gasteiger partial charge in [-0.1, -0.05) is 24.3 Å². The van der Waals surface area contributed by atoms with Crippen molar-refractivity contribution in [2.75, 3.05) is 37.1 Å². The second-order valence-corrected chi connectivity index (χ2v) is 6.96. The summed E-state index contributed by atoms with van der Waals surface area (Å²) in [5, 5.41) is 22.9. The molecule has 0 saturated heterocycles. The molecule has 2 aromatic rings. The van der Waals surface area contributed by atoms with Crippen LogP contribution >= 0.6 is 0 Å². The van der Waals surface area contributed by atoms with Crippen molar-refractivity contribution in [3.63, 3.8) is 0 Å². The highest BCUT2D eigenvalue weighted by atomic mass is 16.6. The lowest BCUT2D eigenvalue weighted by Gasteiger charge is -2.10. The molecule has 0 bridgehead atoms. The Morgan fingerprint density at radius 3 is 1.58 bits per heavy atom. The number of hydrogen-bond donors (Lipinski definition) is 4. The van der Waals surface area contributed by atoms with E-state index in [9.17, 15) is 9.59 Å². The van der Waals surface area contributed by atoms with E-state index in [0.29, 0.717) is 43.5 Å². The molecule has 0 spiro atoms. The Morgan fingerprint density at radius 1 is 0.710 bits per heavy atom. The van der Waals surface area contributed by atoms with Crippen molar-refractivity contribution in [2.24, 2.45) is 0 Å². The van der Waals surface area contributed by atoms with Crippen LogP contribution in [0.3, 0.4) is 0 Å². The van der Waals surface area contributed by atoms with E-state index in [-0.39, 0.29) is 26.4 Å². The van der Waals surface area contributed by atoms with E-state index in [1.807, 2.05) is 36.4 Å². The molecule has 2 amide bonds. The number of aliphatic hydroxyl groups is 2. The fourth-order valence-corrected chi connectivity index (χ4v) is 2.82. The number of carbonyl (C=O) groups excluding carboxylic acids is 2. The summed E-state index contributed by atoms with van der Waals surface area (Å²) >= 11 is 0. The van der Waals surface area contributed by atoms with Crippen LogP contribution in [0.25, 0.3) is 0 Å². The Hall–Kier alpha value is -3.10. The summed E-state index contributed by atoms with van der Waals surface area (Å²) in [6.07, 6.45) is 1.98. The average molecular weight is 431 g/mol. The summed E-state index contributed by atoms with van der Waals surface area (Å²) in [7, 11) is 0. The Kier molecular flexibility index (Phi) is 10.9. The van der Waals surface area contributed by atoms with E-state index >= 15 is 0 Å². The van der Waals surface area contributed by atoms with Gasteiger partial charge in [-0.2, -0.15) is 0 Å². The van der Waals surface area contributed by atoms with Crippen LogP contribution in [0.5, 0.6) is 0 Å². The molecule has 0 aliphatic carbocycles. The maximum absolute atomic E-state index is 11.8. The van der Waals surface area contributed by atoms with Crippen LogP contribution in [0, 0.1) is 0 Å². The molecule has 0 fully saturated rings. The molecule has 8 heteroatoms. The van der Waals surface area contributed by atoms with Crippen molar-refractivity contribution in [1.82, 2.24) is 0 Å². The minimum absolute atomic E-state index is 0.0789. The fraction of sp³-hybridized carbons (Fsp3) is 0.391. The summed E-state index contributed by atoms with van der Waals surface area (Å²) in [4.78, 5) is 23.7. The van der Waals surface area contributed by atoms with Crippen molar-refractivity contribution in [2.45, 2.75) is 32.1 Å². The Bertz CT molecular complexity index is 760. The molecule has 2 aromatic carbocycles. The van der Waals surface area contributed by atoms with Gasteiger partial charge in [-0.05, 0) is 67.5 Å². The molecule has 168 valence electrons.